The zero-order valence-electron chi connectivity index (χ0n) is 7.56. The Labute approximate surface area is 81.3 Å². The van der Waals surface area contributed by atoms with E-state index in [2.05, 4.69) is 0 Å². The average Bonchev–Trinajstić information content (AvgIpc) is 2.18. The first kappa shape index (κ1) is 9.02. The maximum absolute atomic E-state index is 11.1. The van der Waals surface area contributed by atoms with Gasteiger partial charge in [0.1, 0.15) is 11.3 Å². The molecule has 1 unspecified atom stereocenters. The van der Waals surface area contributed by atoms with Gasteiger partial charge in [-0.3, -0.25) is 0 Å². The van der Waals surface area contributed by atoms with E-state index in [4.69, 9.17) is 15.6 Å². The highest BCUT2D eigenvalue weighted by Crippen LogP contribution is 2.34. The minimum Gasteiger partial charge on any atom is -0.493 e. The van der Waals surface area contributed by atoms with Crippen LogP contribution in [0.1, 0.15) is 12.0 Å². The summed E-state index contributed by atoms with van der Waals surface area (Å²) in [7, 11) is 0. The Kier molecular flexibility index (Phi) is 1.93. The van der Waals surface area contributed by atoms with Crippen LogP contribution in [0.4, 0.5) is 0 Å². The standard InChI is InChI=1S/C10H11NO3/c11-10(9(12)13)5-6-14-8-4-2-1-3-7(8)10/h1-4H,5-6,11H2,(H,12,13). The fourth-order valence-electron chi connectivity index (χ4n) is 1.64. The summed E-state index contributed by atoms with van der Waals surface area (Å²) in [6.45, 7) is 0.347. The van der Waals surface area contributed by atoms with Crippen molar-refractivity contribution in [2.75, 3.05) is 6.61 Å². The van der Waals surface area contributed by atoms with Crippen LogP contribution in [0.15, 0.2) is 24.3 Å². The van der Waals surface area contributed by atoms with Crippen molar-refractivity contribution in [1.82, 2.24) is 0 Å². The van der Waals surface area contributed by atoms with E-state index >= 15 is 0 Å². The third-order valence-corrected chi connectivity index (χ3v) is 2.50. The SMILES string of the molecule is NC1(C(=O)O)CCOc2ccccc21. The van der Waals surface area contributed by atoms with Gasteiger partial charge in [-0.2, -0.15) is 0 Å². The van der Waals surface area contributed by atoms with Crippen molar-refractivity contribution in [2.45, 2.75) is 12.0 Å². The Hall–Kier alpha value is -1.55. The molecule has 1 heterocycles. The van der Waals surface area contributed by atoms with Crippen LogP contribution in [0, 0.1) is 0 Å². The third-order valence-electron chi connectivity index (χ3n) is 2.50. The molecule has 0 aromatic heterocycles. The van der Waals surface area contributed by atoms with Crippen LogP contribution >= 0.6 is 0 Å². The van der Waals surface area contributed by atoms with E-state index in [1.54, 1.807) is 24.3 Å². The van der Waals surface area contributed by atoms with Crippen LogP contribution in [0.2, 0.25) is 0 Å². The summed E-state index contributed by atoms with van der Waals surface area (Å²) < 4.78 is 5.33. The lowest BCUT2D eigenvalue weighted by molar-refractivity contribution is -0.144. The van der Waals surface area contributed by atoms with Gasteiger partial charge in [-0.1, -0.05) is 18.2 Å². The molecule has 1 aromatic carbocycles. The molecule has 0 bridgehead atoms. The van der Waals surface area contributed by atoms with Crippen molar-refractivity contribution in [2.24, 2.45) is 5.73 Å². The number of rotatable bonds is 1. The van der Waals surface area contributed by atoms with Crippen LogP contribution in [-0.2, 0) is 10.3 Å². The van der Waals surface area contributed by atoms with E-state index in [0.717, 1.165) is 0 Å². The monoisotopic (exact) mass is 193 g/mol. The molecule has 74 valence electrons. The lowest BCUT2D eigenvalue weighted by Gasteiger charge is -2.31. The average molecular weight is 193 g/mol. The van der Waals surface area contributed by atoms with Crippen molar-refractivity contribution < 1.29 is 14.6 Å². The first-order valence-corrected chi connectivity index (χ1v) is 4.39. The van der Waals surface area contributed by atoms with Gasteiger partial charge in [0.05, 0.1) is 6.61 Å². The lowest BCUT2D eigenvalue weighted by Crippen LogP contribution is -2.48. The molecule has 0 saturated carbocycles. The zero-order valence-corrected chi connectivity index (χ0v) is 7.56. The van der Waals surface area contributed by atoms with Gasteiger partial charge in [-0.25, -0.2) is 4.79 Å². The molecule has 0 aliphatic carbocycles. The number of hydrogen-bond acceptors (Lipinski definition) is 3. The summed E-state index contributed by atoms with van der Waals surface area (Å²) in [4.78, 5) is 11.1. The van der Waals surface area contributed by atoms with Gasteiger partial charge >= 0.3 is 5.97 Å². The normalized spacial score (nSPS) is 24.9. The van der Waals surface area contributed by atoms with Crippen molar-refractivity contribution in [3.05, 3.63) is 29.8 Å². The molecule has 0 amide bonds. The Bertz CT molecular complexity index is 377. The Morgan fingerprint density at radius 2 is 2.21 bits per heavy atom. The van der Waals surface area contributed by atoms with Crippen LogP contribution < -0.4 is 10.5 Å². The van der Waals surface area contributed by atoms with E-state index in [1.165, 1.54) is 0 Å². The molecule has 0 spiro atoms. The summed E-state index contributed by atoms with van der Waals surface area (Å²) in [5.74, 6) is -0.433. The summed E-state index contributed by atoms with van der Waals surface area (Å²) >= 11 is 0. The Morgan fingerprint density at radius 1 is 1.50 bits per heavy atom. The predicted octanol–water partition coefficient (Wildman–Crippen LogP) is 0.708. The fraction of sp³-hybridized carbons (Fsp3) is 0.300. The van der Waals surface area contributed by atoms with E-state index in [-0.39, 0.29) is 0 Å². The van der Waals surface area contributed by atoms with Gasteiger partial charge in [-0.05, 0) is 6.07 Å². The molecule has 4 nitrogen and oxygen atoms in total. The van der Waals surface area contributed by atoms with E-state index in [9.17, 15) is 4.79 Å². The smallest absolute Gasteiger partial charge is 0.328 e. The van der Waals surface area contributed by atoms with Gasteiger partial charge in [0.25, 0.3) is 0 Å². The first-order chi connectivity index (χ1) is 6.64. The van der Waals surface area contributed by atoms with Crippen LogP contribution in [0.5, 0.6) is 5.75 Å². The number of carboxylic acid groups (broad SMARTS) is 1. The molecule has 14 heavy (non-hydrogen) atoms. The van der Waals surface area contributed by atoms with Gasteiger partial charge in [0.15, 0.2) is 0 Å². The second kappa shape index (κ2) is 2.99. The minimum atomic E-state index is -1.30. The van der Waals surface area contributed by atoms with Gasteiger partial charge in [0, 0.05) is 12.0 Å². The van der Waals surface area contributed by atoms with Gasteiger partial charge < -0.3 is 15.6 Å². The molecule has 0 radical (unpaired) electrons. The number of benzene rings is 1. The number of nitrogens with two attached hydrogens (primary N) is 1. The molecule has 1 aliphatic rings. The van der Waals surface area contributed by atoms with Crippen molar-refractivity contribution in [3.8, 4) is 5.75 Å². The van der Waals surface area contributed by atoms with E-state index in [1.807, 2.05) is 0 Å². The van der Waals surface area contributed by atoms with Crippen molar-refractivity contribution >= 4 is 5.97 Å². The third kappa shape index (κ3) is 1.15. The van der Waals surface area contributed by atoms with E-state index < -0.39 is 11.5 Å². The van der Waals surface area contributed by atoms with E-state index in [0.29, 0.717) is 24.3 Å². The molecule has 4 heteroatoms. The Balaban J connectivity index is 2.55. The highest BCUT2D eigenvalue weighted by molar-refractivity contribution is 5.82. The van der Waals surface area contributed by atoms with Gasteiger partial charge in [-0.15, -0.1) is 0 Å². The summed E-state index contributed by atoms with van der Waals surface area (Å²) in [6, 6.07) is 6.99. The number of fused-ring (bicyclic) bond motifs is 1. The van der Waals surface area contributed by atoms with Crippen molar-refractivity contribution in [1.29, 1.82) is 0 Å². The second-order valence-corrected chi connectivity index (χ2v) is 3.37. The predicted molar refractivity (Wildman–Crippen MR) is 50.1 cm³/mol. The topological polar surface area (TPSA) is 72.6 Å². The summed E-state index contributed by atoms with van der Waals surface area (Å²) in [6.07, 6.45) is 0.305. The van der Waals surface area contributed by atoms with Crippen LogP contribution in [0.25, 0.3) is 0 Å². The van der Waals surface area contributed by atoms with Gasteiger partial charge in [0.2, 0.25) is 0 Å². The fourth-order valence-corrected chi connectivity index (χ4v) is 1.64. The maximum atomic E-state index is 11.1. The molecular weight excluding hydrogens is 182 g/mol. The lowest BCUT2D eigenvalue weighted by atomic mass is 9.86. The summed E-state index contributed by atoms with van der Waals surface area (Å²) in [5, 5.41) is 9.06. The second-order valence-electron chi connectivity index (χ2n) is 3.37. The molecule has 1 aliphatic heterocycles. The zero-order chi connectivity index (χ0) is 10.2. The molecule has 1 aromatic rings. The molecule has 2 rings (SSSR count). The molecule has 0 fully saturated rings. The number of aliphatic carboxylic acids is 1. The number of hydrogen-bond donors (Lipinski definition) is 2. The number of ether oxygens (including phenoxy) is 1. The summed E-state index contributed by atoms with van der Waals surface area (Å²) in [5.41, 5.74) is 5.09. The molecule has 1 atom stereocenters. The maximum Gasteiger partial charge on any atom is 0.328 e. The van der Waals surface area contributed by atoms with Crippen LogP contribution in [-0.4, -0.2) is 17.7 Å². The Morgan fingerprint density at radius 3 is 2.93 bits per heavy atom. The highest BCUT2D eigenvalue weighted by atomic mass is 16.5. The van der Waals surface area contributed by atoms with Crippen LogP contribution in [0.3, 0.4) is 0 Å². The minimum absolute atomic E-state index is 0.305. The quantitative estimate of drug-likeness (QED) is 0.688. The molecule has 3 N–H and O–H groups in total. The molecule has 0 saturated heterocycles. The number of carboxylic acids is 1. The number of para-hydroxylation sites is 1. The highest BCUT2D eigenvalue weighted by Gasteiger charge is 2.40. The van der Waals surface area contributed by atoms with Crippen molar-refractivity contribution in [3.63, 3.8) is 0 Å². The first-order valence-electron chi connectivity index (χ1n) is 4.39. The molecular formula is C10H11NO3. The number of carbonyl (C=O) groups is 1. The largest absolute Gasteiger partial charge is 0.493 e.